The molecule has 1 amide bonds. The number of hydrogen-bond acceptors (Lipinski definition) is 2. The van der Waals surface area contributed by atoms with Crippen LogP contribution in [0.4, 0.5) is 0 Å². The maximum Gasteiger partial charge on any atom is 0.326 e. The van der Waals surface area contributed by atoms with Crippen molar-refractivity contribution < 1.29 is 14.7 Å². The molecule has 2 N–H and O–H groups in total. The van der Waals surface area contributed by atoms with Crippen molar-refractivity contribution in [3.05, 3.63) is 34.3 Å². The Kier molecular flexibility index (Phi) is 5.34. The number of halogens is 1. The molecular formula is C13H16BrNO3. The van der Waals surface area contributed by atoms with E-state index < -0.39 is 12.0 Å². The minimum absolute atomic E-state index is 0.117. The Hall–Kier alpha value is -1.36. The van der Waals surface area contributed by atoms with Crippen LogP contribution in [0.2, 0.25) is 0 Å². The molecule has 1 aromatic carbocycles. The van der Waals surface area contributed by atoms with E-state index in [1.807, 2.05) is 6.92 Å². The van der Waals surface area contributed by atoms with E-state index in [-0.39, 0.29) is 11.8 Å². The molecule has 0 saturated heterocycles. The number of hydrogen-bond donors (Lipinski definition) is 2. The Morgan fingerprint density at radius 3 is 2.50 bits per heavy atom. The van der Waals surface area contributed by atoms with Gasteiger partial charge in [0.15, 0.2) is 0 Å². The van der Waals surface area contributed by atoms with Gasteiger partial charge in [0.05, 0.1) is 5.56 Å². The molecule has 5 heteroatoms. The number of carbonyl (C=O) groups excluding carboxylic acids is 1. The zero-order valence-electron chi connectivity index (χ0n) is 10.3. The Morgan fingerprint density at radius 1 is 1.39 bits per heavy atom. The van der Waals surface area contributed by atoms with Crippen molar-refractivity contribution in [2.24, 2.45) is 5.92 Å². The highest BCUT2D eigenvalue weighted by atomic mass is 79.9. The van der Waals surface area contributed by atoms with Crippen molar-refractivity contribution in [2.45, 2.75) is 26.3 Å². The Balaban J connectivity index is 2.86. The van der Waals surface area contributed by atoms with Crippen molar-refractivity contribution in [3.63, 3.8) is 0 Å². The van der Waals surface area contributed by atoms with Gasteiger partial charge in [0.25, 0.3) is 5.91 Å². The van der Waals surface area contributed by atoms with Crippen LogP contribution in [0.25, 0.3) is 0 Å². The van der Waals surface area contributed by atoms with Gasteiger partial charge in [-0.05, 0) is 34.0 Å². The van der Waals surface area contributed by atoms with Gasteiger partial charge in [0.1, 0.15) is 6.04 Å². The number of carboxylic acids is 1. The van der Waals surface area contributed by atoms with Crippen molar-refractivity contribution in [1.82, 2.24) is 5.32 Å². The molecule has 0 unspecified atom stereocenters. The molecule has 0 aromatic heterocycles. The quantitative estimate of drug-likeness (QED) is 0.878. The van der Waals surface area contributed by atoms with E-state index >= 15 is 0 Å². The van der Waals surface area contributed by atoms with E-state index in [4.69, 9.17) is 5.11 Å². The summed E-state index contributed by atoms with van der Waals surface area (Å²) in [6, 6.07) is 6.06. The molecule has 0 aliphatic rings. The van der Waals surface area contributed by atoms with Gasteiger partial charge >= 0.3 is 5.97 Å². The largest absolute Gasteiger partial charge is 0.480 e. The molecule has 0 aliphatic carbocycles. The van der Waals surface area contributed by atoms with Crippen LogP contribution in [-0.4, -0.2) is 23.0 Å². The number of aliphatic carboxylic acids is 1. The number of benzene rings is 1. The van der Waals surface area contributed by atoms with Crippen LogP contribution in [0.5, 0.6) is 0 Å². The molecule has 4 nitrogen and oxygen atoms in total. The van der Waals surface area contributed by atoms with Gasteiger partial charge in [0, 0.05) is 4.47 Å². The monoisotopic (exact) mass is 313 g/mol. The summed E-state index contributed by atoms with van der Waals surface area (Å²) in [6.07, 6.45) is 0.688. The second-order valence-electron chi connectivity index (χ2n) is 4.15. The fourth-order valence-electron chi connectivity index (χ4n) is 1.55. The second-order valence-corrected chi connectivity index (χ2v) is 5.01. The van der Waals surface area contributed by atoms with Crippen LogP contribution in [0.1, 0.15) is 30.6 Å². The third-order valence-electron chi connectivity index (χ3n) is 2.88. The first-order chi connectivity index (χ1) is 8.47. The van der Waals surface area contributed by atoms with Gasteiger partial charge in [0.2, 0.25) is 0 Å². The molecule has 98 valence electrons. The standard InChI is InChI=1S/C13H16BrNO3/c1-3-8(2)11(13(17)18)15-12(16)9-6-4-5-7-10(9)14/h4-8,11H,3H2,1-2H3,(H,15,16)(H,17,18)/t8-,11-/m1/s1. The predicted molar refractivity (Wildman–Crippen MR) is 72.5 cm³/mol. The topological polar surface area (TPSA) is 66.4 Å². The lowest BCUT2D eigenvalue weighted by atomic mass is 9.99. The highest BCUT2D eigenvalue weighted by Crippen LogP contribution is 2.16. The van der Waals surface area contributed by atoms with Gasteiger partial charge in [-0.15, -0.1) is 0 Å². The molecule has 0 spiro atoms. The summed E-state index contributed by atoms with van der Waals surface area (Å²) in [6.45, 7) is 3.70. The van der Waals surface area contributed by atoms with E-state index in [2.05, 4.69) is 21.2 Å². The van der Waals surface area contributed by atoms with Gasteiger partial charge in [-0.25, -0.2) is 4.79 Å². The van der Waals surface area contributed by atoms with Crippen molar-refractivity contribution >= 4 is 27.8 Å². The molecule has 0 fully saturated rings. The van der Waals surface area contributed by atoms with E-state index in [0.717, 1.165) is 0 Å². The summed E-state index contributed by atoms with van der Waals surface area (Å²) >= 11 is 3.27. The first-order valence-electron chi connectivity index (χ1n) is 5.75. The predicted octanol–water partition coefficient (Wildman–Crippen LogP) is 2.68. The molecule has 1 aromatic rings. The average molecular weight is 314 g/mol. The minimum atomic E-state index is -1.01. The molecule has 2 atom stereocenters. The summed E-state index contributed by atoms with van der Waals surface area (Å²) in [7, 11) is 0. The van der Waals surface area contributed by atoms with Crippen LogP contribution >= 0.6 is 15.9 Å². The van der Waals surface area contributed by atoms with Crippen LogP contribution in [0.15, 0.2) is 28.7 Å². The second kappa shape index (κ2) is 6.54. The van der Waals surface area contributed by atoms with Crippen LogP contribution in [0, 0.1) is 5.92 Å². The van der Waals surface area contributed by atoms with Crippen LogP contribution < -0.4 is 5.32 Å². The maximum absolute atomic E-state index is 12.0. The highest BCUT2D eigenvalue weighted by molar-refractivity contribution is 9.10. The van der Waals surface area contributed by atoms with E-state index in [1.165, 1.54) is 0 Å². The van der Waals surface area contributed by atoms with E-state index in [9.17, 15) is 9.59 Å². The Labute approximate surface area is 115 Å². The van der Waals surface area contributed by atoms with Gasteiger partial charge < -0.3 is 10.4 Å². The van der Waals surface area contributed by atoms with E-state index in [0.29, 0.717) is 16.5 Å². The summed E-state index contributed by atoms with van der Waals surface area (Å²) in [5.41, 5.74) is 0.437. The molecular weight excluding hydrogens is 298 g/mol. The molecule has 0 radical (unpaired) electrons. The normalized spacial score (nSPS) is 13.7. The molecule has 0 heterocycles. The molecule has 0 aliphatic heterocycles. The molecule has 1 rings (SSSR count). The lowest BCUT2D eigenvalue weighted by Crippen LogP contribution is -2.45. The van der Waals surface area contributed by atoms with E-state index in [1.54, 1.807) is 31.2 Å². The summed E-state index contributed by atoms with van der Waals surface area (Å²) in [5, 5.41) is 11.7. The molecule has 18 heavy (non-hydrogen) atoms. The summed E-state index contributed by atoms with van der Waals surface area (Å²) in [4.78, 5) is 23.1. The van der Waals surface area contributed by atoms with Gasteiger partial charge in [-0.3, -0.25) is 4.79 Å². The lowest BCUT2D eigenvalue weighted by molar-refractivity contribution is -0.140. The average Bonchev–Trinajstić information content (AvgIpc) is 2.35. The number of carboxylic acid groups (broad SMARTS) is 1. The summed E-state index contributed by atoms with van der Waals surface area (Å²) in [5.74, 6) is -1.51. The molecule has 0 saturated carbocycles. The Morgan fingerprint density at radius 2 is 2.00 bits per heavy atom. The number of rotatable bonds is 5. The van der Waals surface area contributed by atoms with Gasteiger partial charge in [-0.1, -0.05) is 32.4 Å². The lowest BCUT2D eigenvalue weighted by Gasteiger charge is -2.20. The number of amides is 1. The third kappa shape index (κ3) is 3.57. The zero-order chi connectivity index (χ0) is 13.7. The zero-order valence-corrected chi connectivity index (χ0v) is 11.9. The fourth-order valence-corrected chi connectivity index (χ4v) is 2.01. The first kappa shape index (κ1) is 14.7. The third-order valence-corrected chi connectivity index (χ3v) is 3.58. The van der Waals surface area contributed by atoms with Crippen molar-refractivity contribution in [2.75, 3.05) is 0 Å². The maximum atomic E-state index is 12.0. The Bertz CT molecular complexity index is 448. The fraction of sp³-hybridized carbons (Fsp3) is 0.385. The highest BCUT2D eigenvalue weighted by Gasteiger charge is 2.26. The first-order valence-corrected chi connectivity index (χ1v) is 6.54. The van der Waals surface area contributed by atoms with Gasteiger partial charge in [-0.2, -0.15) is 0 Å². The number of nitrogens with one attached hydrogen (secondary N) is 1. The summed E-state index contributed by atoms with van der Waals surface area (Å²) < 4.78 is 0.649. The van der Waals surface area contributed by atoms with Crippen molar-refractivity contribution in [3.8, 4) is 0 Å². The van der Waals surface area contributed by atoms with Crippen LogP contribution in [-0.2, 0) is 4.79 Å². The number of carbonyl (C=O) groups is 2. The smallest absolute Gasteiger partial charge is 0.326 e. The SMILES string of the molecule is CC[C@@H](C)[C@@H](NC(=O)c1ccccc1Br)C(=O)O. The van der Waals surface area contributed by atoms with Crippen molar-refractivity contribution in [1.29, 1.82) is 0 Å². The van der Waals surface area contributed by atoms with Crippen LogP contribution in [0.3, 0.4) is 0 Å². The molecule has 0 bridgehead atoms. The minimum Gasteiger partial charge on any atom is -0.480 e.